The van der Waals surface area contributed by atoms with Gasteiger partial charge in [-0.15, -0.1) is 0 Å². The maximum Gasteiger partial charge on any atom is 0.171 e. The van der Waals surface area contributed by atoms with Crippen LogP contribution in [0.5, 0.6) is 0 Å². The number of Topliss-reactive ketones (excluding diaryl/α,β-unsaturated/α-hetero) is 1. The van der Waals surface area contributed by atoms with Crippen molar-refractivity contribution in [2.24, 2.45) is 0 Å². The van der Waals surface area contributed by atoms with Gasteiger partial charge in [-0.25, -0.2) is 4.39 Å². The van der Waals surface area contributed by atoms with Crippen LogP contribution in [0.25, 0.3) is 11.0 Å². The normalized spacial score (nSPS) is 11.0. The summed E-state index contributed by atoms with van der Waals surface area (Å²) in [5.74, 6) is 0.205. The lowest BCUT2D eigenvalue weighted by molar-refractivity contribution is 0.0991. The third kappa shape index (κ3) is 2.47. The molecule has 3 rings (SSSR count). The second-order valence-electron chi connectivity index (χ2n) is 4.94. The molecule has 0 aliphatic rings. The van der Waals surface area contributed by atoms with Crippen LogP contribution in [0.4, 0.5) is 4.39 Å². The van der Waals surface area contributed by atoms with Crippen LogP contribution >= 0.6 is 0 Å². The van der Waals surface area contributed by atoms with E-state index in [1.807, 2.05) is 31.2 Å². The van der Waals surface area contributed by atoms with Gasteiger partial charge in [-0.2, -0.15) is 0 Å². The van der Waals surface area contributed by atoms with Crippen molar-refractivity contribution in [1.29, 1.82) is 0 Å². The molecule has 0 saturated carbocycles. The summed E-state index contributed by atoms with van der Waals surface area (Å²) < 4.78 is 19.4. The molecule has 1 heterocycles. The van der Waals surface area contributed by atoms with E-state index in [4.69, 9.17) is 4.42 Å². The van der Waals surface area contributed by atoms with Gasteiger partial charge in [-0.05, 0) is 17.7 Å². The molecule has 0 atom stereocenters. The zero-order chi connectivity index (χ0) is 14.8. The first-order valence-electron chi connectivity index (χ1n) is 6.97. The molecule has 0 amide bonds. The fraction of sp³-hybridized carbons (Fsp3) is 0.167. The van der Waals surface area contributed by atoms with Crippen LogP contribution < -0.4 is 0 Å². The number of hydrogen-bond acceptors (Lipinski definition) is 2. The molecule has 2 nitrogen and oxygen atoms in total. The number of furan rings is 1. The molecular weight excluding hydrogens is 267 g/mol. The second kappa shape index (κ2) is 5.52. The number of aryl methyl sites for hydroxylation is 1. The SMILES string of the molecule is CCc1oc2ccccc2c1C(=O)Cc1ccccc1F. The smallest absolute Gasteiger partial charge is 0.171 e. The Morgan fingerprint density at radius 3 is 2.57 bits per heavy atom. The molecular formula is C18H15FO2. The largest absolute Gasteiger partial charge is 0.460 e. The minimum atomic E-state index is -0.350. The highest BCUT2D eigenvalue weighted by Crippen LogP contribution is 2.27. The number of benzene rings is 2. The first-order valence-corrected chi connectivity index (χ1v) is 6.97. The van der Waals surface area contributed by atoms with Crippen molar-refractivity contribution in [3.05, 3.63) is 71.2 Å². The Bertz CT molecular complexity index is 802. The van der Waals surface area contributed by atoms with Crippen molar-refractivity contribution in [3.8, 4) is 0 Å². The highest BCUT2D eigenvalue weighted by molar-refractivity contribution is 6.09. The molecule has 0 spiro atoms. The molecule has 3 heteroatoms. The summed E-state index contributed by atoms with van der Waals surface area (Å²) in [4.78, 5) is 12.6. The molecule has 106 valence electrons. The summed E-state index contributed by atoms with van der Waals surface area (Å²) in [5.41, 5.74) is 1.69. The lowest BCUT2D eigenvalue weighted by Gasteiger charge is -2.03. The van der Waals surface area contributed by atoms with Crippen LogP contribution in [0.1, 0.15) is 28.6 Å². The maximum absolute atomic E-state index is 13.7. The van der Waals surface area contributed by atoms with E-state index in [1.54, 1.807) is 18.2 Å². The quantitative estimate of drug-likeness (QED) is 0.657. The first kappa shape index (κ1) is 13.6. The minimum Gasteiger partial charge on any atom is -0.460 e. The van der Waals surface area contributed by atoms with Gasteiger partial charge >= 0.3 is 0 Å². The standard InChI is InChI=1S/C18H15FO2/c1-2-16-18(13-8-4-6-10-17(13)21-16)15(20)11-12-7-3-5-9-14(12)19/h3-10H,2,11H2,1H3. The summed E-state index contributed by atoms with van der Waals surface area (Å²) in [6.45, 7) is 1.94. The first-order chi connectivity index (χ1) is 10.2. The summed E-state index contributed by atoms with van der Waals surface area (Å²) in [5, 5.41) is 0.802. The molecule has 0 aliphatic heterocycles. The Balaban J connectivity index is 2.03. The summed E-state index contributed by atoms with van der Waals surface area (Å²) >= 11 is 0. The van der Waals surface area contributed by atoms with Gasteiger partial charge in [0.05, 0.1) is 5.56 Å². The number of halogens is 1. The van der Waals surface area contributed by atoms with Gasteiger partial charge in [-0.1, -0.05) is 43.3 Å². The van der Waals surface area contributed by atoms with Crippen LogP contribution in [0, 0.1) is 5.82 Å². The summed E-state index contributed by atoms with van der Waals surface area (Å²) in [7, 11) is 0. The van der Waals surface area contributed by atoms with E-state index in [2.05, 4.69) is 0 Å². The zero-order valence-corrected chi connectivity index (χ0v) is 11.7. The van der Waals surface area contributed by atoms with Crippen molar-refractivity contribution < 1.29 is 13.6 Å². The Morgan fingerprint density at radius 1 is 1.10 bits per heavy atom. The molecule has 3 aromatic rings. The third-order valence-corrected chi connectivity index (χ3v) is 3.58. The van der Waals surface area contributed by atoms with Crippen molar-refractivity contribution >= 4 is 16.8 Å². The Morgan fingerprint density at radius 2 is 1.81 bits per heavy atom. The zero-order valence-electron chi connectivity index (χ0n) is 11.7. The molecule has 0 unspecified atom stereocenters. The fourth-order valence-corrected chi connectivity index (χ4v) is 2.55. The van der Waals surface area contributed by atoms with E-state index < -0.39 is 0 Å². The van der Waals surface area contributed by atoms with Gasteiger partial charge < -0.3 is 4.42 Å². The van der Waals surface area contributed by atoms with Gasteiger partial charge in [0.1, 0.15) is 17.2 Å². The molecule has 2 aromatic carbocycles. The number of fused-ring (bicyclic) bond motifs is 1. The predicted molar refractivity (Wildman–Crippen MR) is 80.0 cm³/mol. The van der Waals surface area contributed by atoms with Gasteiger partial charge in [-0.3, -0.25) is 4.79 Å². The van der Waals surface area contributed by atoms with Gasteiger partial charge in [0.25, 0.3) is 0 Å². The molecule has 0 bridgehead atoms. The van der Waals surface area contributed by atoms with E-state index in [9.17, 15) is 9.18 Å². The van der Waals surface area contributed by atoms with Crippen LogP contribution in [-0.4, -0.2) is 5.78 Å². The van der Waals surface area contributed by atoms with E-state index in [0.717, 1.165) is 5.39 Å². The van der Waals surface area contributed by atoms with Crippen molar-refractivity contribution in [2.45, 2.75) is 19.8 Å². The van der Waals surface area contributed by atoms with Gasteiger partial charge in [0.2, 0.25) is 0 Å². The lowest BCUT2D eigenvalue weighted by Crippen LogP contribution is -2.06. The molecule has 0 saturated heterocycles. The number of rotatable bonds is 4. The maximum atomic E-state index is 13.7. The molecule has 21 heavy (non-hydrogen) atoms. The Hall–Kier alpha value is -2.42. The van der Waals surface area contributed by atoms with Gasteiger partial charge in [0.15, 0.2) is 5.78 Å². The monoisotopic (exact) mass is 282 g/mol. The van der Waals surface area contributed by atoms with Crippen LogP contribution in [0.2, 0.25) is 0 Å². The summed E-state index contributed by atoms with van der Waals surface area (Å²) in [6.07, 6.45) is 0.677. The number of carbonyl (C=O) groups is 1. The van der Waals surface area contributed by atoms with Crippen LogP contribution in [-0.2, 0) is 12.8 Å². The molecule has 1 aromatic heterocycles. The average Bonchev–Trinajstić information content (AvgIpc) is 2.88. The number of ketones is 1. The van der Waals surface area contributed by atoms with Crippen molar-refractivity contribution in [3.63, 3.8) is 0 Å². The lowest BCUT2D eigenvalue weighted by atomic mass is 9.99. The van der Waals surface area contributed by atoms with Gasteiger partial charge in [0, 0.05) is 18.2 Å². The number of para-hydroxylation sites is 1. The molecule has 0 fully saturated rings. The van der Waals surface area contributed by atoms with E-state index in [0.29, 0.717) is 28.9 Å². The van der Waals surface area contributed by atoms with Crippen LogP contribution in [0.15, 0.2) is 52.9 Å². The van der Waals surface area contributed by atoms with E-state index in [1.165, 1.54) is 6.07 Å². The highest BCUT2D eigenvalue weighted by atomic mass is 19.1. The topological polar surface area (TPSA) is 30.2 Å². The second-order valence-corrected chi connectivity index (χ2v) is 4.94. The molecule has 0 radical (unpaired) electrons. The fourth-order valence-electron chi connectivity index (χ4n) is 2.55. The number of carbonyl (C=O) groups excluding carboxylic acids is 1. The Labute approximate surface area is 122 Å². The predicted octanol–water partition coefficient (Wildman–Crippen LogP) is 4.56. The summed E-state index contributed by atoms with van der Waals surface area (Å²) in [6, 6.07) is 13.8. The molecule has 0 aliphatic carbocycles. The highest BCUT2D eigenvalue weighted by Gasteiger charge is 2.20. The third-order valence-electron chi connectivity index (χ3n) is 3.58. The molecule has 0 N–H and O–H groups in total. The van der Waals surface area contributed by atoms with Crippen molar-refractivity contribution in [2.75, 3.05) is 0 Å². The number of hydrogen-bond donors (Lipinski definition) is 0. The minimum absolute atomic E-state index is 0.0448. The average molecular weight is 282 g/mol. The van der Waals surface area contributed by atoms with Crippen LogP contribution in [0.3, 0.4) is 0 Å². The van der Waals surface area contributed by atoms with Crippen molar-refractivity contribution in [1.82, 2.24) is 0 Å². The van der Waals surface area contributed by atoms with E-state index in [-0.39, 0.29) is 18.0 Å². The van der Waals surface area contributed by atoms with E-state index >= 15 is 0 Å². The Kier molecular flexibility index (Phi) is 3.57.